The van der Waals surface area contributed by atoms with Crippen molar-refractivity contribution in [3.05, 3.63) is 59.2 Å². The number of thiophene rings is 1. The molecule has 1 aliphatic rings. The highest BCUT2D eigenvalue weighted by Gasteiger charge is 2.33. The number of aryl methyl sites for hydroxylation is 1. The molecule has 1 amide bonds. The maximum absolute atomic E-state index is 13.6. The van der Waals surface area contributed by atoms with Crippen molar-refractivity contribution in [3.63, 3.8) is 0 Å². The van der Waals surface area contributed by atoms with E-state index >= 15 is 0 Å². The molecule has 4 aromatic rings. The Kier molecular flexibility index (Phi) is 6.86. The first-order chi connectivity index (χ1) is 17.7. The zero-order valence-corrected chi connectivity index (χ0v) is 22.5. The number of aromatic carboxylic acids is 1. The molecule has 37 heavy (non-hydrogen) atoms. The van der Waals surface area contributed by atoms with Gasteiger partial charge in [-0.25, -0.2) is 14.3 Å². The van der Waals surface area contributed by atoms with Crippen molar-refractivity contribution in [1.29, 1.82) is 0 Å². The zero-order chi connectivity index (χ0) is 26.3. The van der Waals surface area contributed by atoms with Gasteiger partial charge in [-0.15, -0.1) is 11.3 Å². The topological polar surface area (TPSA) is 87.8 Å². The number of hydrogen-bond donors (Lipinski definition) is 1. The Morgan fingerprint density at radius 2 is 1.73 bits per heavy atom. The lowest BCUT2D eigenvalue weighted by atomic mass is 9.82. The van der Waals surface area contributed by atoms with Crippen molar-refractivity contribution in [2.75, 3.05) is 4.90 Å². The predicted molar refractivity (Wildman–Crippen MR) is 147 cm³/mol. The number of nitrogens with zero attached hydrogens (tertiary/aromatic N) is 4. The van der Waals surface area contributed by atoms with E-state index in [1.165, 1.54) is 11.3 Å². The van der Waals surface area contributed by atoms with Crippen LogP contribution >= 0.6 is 11.3 Å². The number of hydrogen-bond acceptors (Lipinski definition) is 5. The van der Waals surface area contributed by atoms with E-state index in [4.69, 9.17) is 0 Å². The molecule has 8 heteroatoms. The lowest BCUT2D eigenvalue weighted by Gasteiger charge is -2.33. The monoisotopic (exact) mass is 516 g/mol. The van der Waals surface area contributed by atoms with E-state index in [1.807, 2.05) is 69.4 Å². The van der Waals surface area contributed by atoms with Gasteiger partial charge in [-0.2, -0.15) is 5.10 Å². The van der Waals surface area contributed by atoms with Crippen LogP contribution in [0.15, 0.2) is 48.7 Å². The summed E-state index contributed by atoms with van der Waals surface area (Å²) < 4.78 is 1.76. The van der Waals surface area contributed by atoms with Gasteiger partial charge in [0, 0.05) is 40.4 Å². The van der Waals surface area contributed by atoms with Crippen LogP contribution in [-0.4, -0.2) is 37.6 Å². The number of fused-ring (bicyclic) bond motifs is 1. The van der Waals surface area contributed by atoms with E-state index in [0.29, 0.717) is 11.6 Å². The maximum Gasteiger partial charge on any atom is 0.348 e. The van der Waals surface area contributed by atoms with E-state index in [-0.39, 0.29) is 22.7 Å². The van der Waals surface area contributed by atoms with Gasteiger partial charge in [-0.05, 0) is 70.1 Å². The molecule has 0 saturated heterocycles. The van der Waals surface area contributed by atoms with Crippen molar-refractivity contribution < 1.29 is 14.7 Å². The zero-order valence-electron chi connectivity index (χ0n) is 21.6. The molecule has 192 valence electrons. The molecular formula is C29H32N4O3S. The molecule has 0 spiro atoms. The average molecular weight is 517 g/mol. The standard InChI is InChI=1S/C29H32N4O3S/c1-17(2)33(28(34)22-7-5-18(3)6-8-22)24-16-25(37-27(24)29(35)36)21-11-9-20(10-12-21)23-15-26-30-19(4)13-14-32(26)31-23/h9-18,22H,5-8H2,1-4H3,(H,35,36). The Morgan fingerprint density at radius 3 is 2.38 bits per heavy atom. The van der Waals surface area contributed by atoms with Gasteiger partial charge in [0.15, 0.2) is 5.65 Å². The van der Waals surface area contributed by atoms with Gasteiger partial charge in [-0.3, -0.25) is 4.79 Å². The summed E-state index contributed by atoms with van der Waals surface area (Å²) in [6.45, 7) is 8.08. The van der Waals surface area contributed by atoms with Gasteiger partial charge < -0.3 is 10.0 Å². The molecular weight excluding hydrogens is 484 g/mol. The highest BCUT2D eigenvalue weighted by Crippen LogP contribution is 2.40. The molecule has 1 aliphatic carbocycles. The summed E-state index contributed by atoms with van der Waals surface area (Å²) in [6, 6.07) is 13.5. The van der Waals surface area contributed by atoms with E-state index < -0.39 is 5.97 Å². The van der Waals surface area contributed by atoms with Crippen LogP contribution in [-0.2, 0) is 4.79 Å². The normalized spacial score (nSPS) is 17.9. The predicted octanol–water partition coefficient (Wildman–Crippen LogP) is 6.70. The SMILES string of the molecule is Cc1ccn2nc(-c3ccc(-c4cc(N(C(=O)C5CCC(C)CC5)C(C)C)c(C(=O)O)s4)cc3)cc2n1. The van der Waals surface area contributed by atoms with Gasteiger partial charge >= 0.3 is 5.97 Å². The minimum absolute atomic E-state index is 0.0415. The second kappa shape index (κ2) is 10.1. The second-order valence-electron chi connectivity index (χ2n) is 10.4. The summed E-state index contributed by atoms with van der Waals surface area (Å²) >= 11 is 1.21. The van der Waals surface area contributed by atoms with Gasteiger partial charge in [0.1, 0.15) is 4.88 Å². The molecule has 0 bridgehead atoms. The maximum atomic E-state index is 13.6. The van der Waals surface area contributed by atoms with Gasteiger partial charge in [0.25, 0.3) is 0 Å². The molecule has 0 unspecified atom stereocenters. The Balaban J connectivity index is 1.46. The smallest absolute Gasteiger partial charge is 0.348 e. The second-order valence-corrected chi connectivity index (χ2v) is 11.4. The number of anilines is 1. The van der Waals surface area contributed by atoms with Crippen LogP contribution in [0.3, 0.4) is 0 Å². The first-order valence-corrected chi connectivity index (χ1v) is 13.7. The summed E-state index contributed by atoms with van der Waals surface area (Å²) in [4.78, 5) is 33.1. The highest BCUT2D eigenvalue weighted by molar-refractivity contribution is 7.18. The van der Waals surface area contributed by atoms with Crippen molar-refractivity contribution >= 4 is 34.5 Å². The summed E-state index contributed by atoms with van der Waals surface area (Å²) in [5.41, 5.74) is 4.90. The quantitative estimate of drug-likeness (QED) is 0.308. The fourth-order valence-electron chi connectivity index (χ4n) is 5.13. The fourth-order valence-corrected chi connectivity index (χ4v) is 6.13. The summed E-state index contributed by atoms with van der Waals surface area (Å²) in [7, 11) is 0. The Labute approximate surface area is 220 Å². The van der Waals surface area contributed by atoms with E-state index in [9.17, 15) is 14.7 Å². The first-order valence-electron chi connectivity index (χ1n) is 12.8. The Morgan fingerprint density at radius 1 is 1.05 bits per heavy atom. The molecule has 1 fully saturated rings. The van der Waals surface area contributed by atoms with Crippen LogP contribution in [0.2, 0.25) is 0 Å². The molecule has 1 N–H and O–H groups in total. The first kappa shape index (κ1) is 25.1. The number of benzene rings is 1. The lowest BCUT2D eigenvalue weighted by Crippen LogP contribution is -2.42. The number of carboxylic acid groups (broad SMARTS) is 1. The lowest BCUT2D eigenvalue weighted by molar-refractivity contribution is -0.123. The summed E-state index contributed by atoms with van der Waals surface area (Å²) in [5, 5.41) is 14.6. The highest BCUT2D eigenvalue weighted by atomic mass is 32.1. The molecule has 0 radical (unpaired) electrons. The fraction of sp³-hybridized carbons (Fsp3) is 0.379. The van der Waals surface area contributed by atoms with Gasteiger partial charge in [-0.1, -0.05) is 31.2 Å². The summed E-state index contributed by atoms with van der Waals surface area (Å²) in [5.74, 6) is -0.375. The molecule has 7 nitrogen and oxygen atoms in total. The molecule has 0 atom stereocenters. The van der Waals surface area contributed by atoms with E-state index in [1.54, 1.807) is 9.42 Å². The Bertz CT molecular complexity index is 1450. The number of amides is 1. The summed E-state index contributed by atoms with van der Waals surface area (Å²) in [6.07, 6.45) is 5.70. The number of aromatic nitrogens is 3. The molecule has 1 aromatic carbocycles. The van der Waals surface area contributed by atoms with E-state index in [0.717, 1.165) is 58.7 Å². The molecule has 0 aliphatic heterocycles. The van der Waals surface area contributed by atoms with Crippen LogP contribution in [0.4, 0.5) is 5.69 Å². The van der Waals surface area contributed by atoms with Crippen LogP contribution in [0.25, 0.3) is 27.3 Å². The number of carbonyl (C=O) groups excluding carboxylic acids is 1. The third-order valence-corrected chi connectivity index (χ3v) is 8.38. The van der Waals surface area contributed by atoms with Crippen LogP contribution in [0, 0.1) is 18.8 Å². The van der Waals surface area contributed by atoms with E-state index in [2.05, 4.69) is 17.0 Å². The van der Waals surface area contributed by atoms with Gasteiger partial charge in [0.2, 0.25) is 5.91 Å². The minimum Gasteiger partial charge on any atom is -0.477 e. The average Bonchev–Trinajstić information content (AvgIpc) is 3.49. The number of rotatable bonds is 6. The van der Waals surface area contributed by atoms with Crippen LogP contribution in [0.5, 0.6) is 0 Å². The molecule has 5 rings (SSSR count). The minimum atomic E-state index is -1.01. The van der Waals surface area contributed by atoms with Gasteiger partial charge in [0.05, 0.1) is 11.4 Å². The number of carboxylic acids is 1. The van der Waals surface area contributed by atoms with Crippen molar-refractivity contribution in [1.82, 2.24) is 14.6 Å². The largest absolute Gasteiger partial charge is 0.477 e. The van der Waals surface area contributed by atoms with Crippen LogP contribution < -0.4 is 4.90 Å². The Hall–Kier alpha value is -3.52. The molecule has 3 aromatic heterocycles. The van der Waals surface area contributed by atoms with Crippen molar-refractivity contribution in [2.45, 2.75) is 59.4 Å². The molecule has 1 saturated carbocycles. The third-order valence-electron chi connectivity index (χ3n) is 7.21. The molecule has 3 heterocycles. The van der Waals surface area contributed by atoms with Crippen molar-refractivity contribution in [3.8, 4) is 21.7 Å². The number of carbonyl (C=O) groups is 2. The van der Waals surface area contributed by atoms with Crippen molar-refractivity contribution in [2.24, 2.45) is 11.8 Å². The van der Waals surface area contributed by atoms with Crippen LogP contribution in [0.1, 0.15) is 61.8 Å². The third kappa shape index (κ3) is 5.03.